The Kier molecular flexibility index (Phi) is 5.99. The van der Waals surface area contributed by atoms with Crippen LogP contribution in [0.4, 0.5) is 8.78 Å². The van der Waals surface area contributed by atoms with Crippen molar-refractivity contribution in [2.45, 2.75) is 94.2 Å². The van der Waals surface area contributed by atoms with E-state index in [1.807, 2.05) is 12.1 Å². The zero-order valence-corrected chi connectivity index (χ0v) is 20.1. The molecule has 2 aliphatic carbocycles. The molecule has 36 heavy (non-hydrogen) atoms. The summed E-state index contributed by atoms with van der Waals surface area (Å²) < 4.78 is 38.4. The first-order valence-electron chi connectivity index (χ1n) is 12.9. The molecule has 0 aromatic heterocycles. The monoisotopic (exact) mass is 503 g/mol. The van der Waals surface area contributed by atoms with Crippen LogP contribution in [0.2, 0.25) is 0 Å². The lowest BCUT2D eigenvalue weighted by molar-refractivity contribution is -0.207. The summed E-state index contributed by atoms with van der Waals surface area (Å²) in [4.78, 5) is 40.5. The number of halogens is 2. The number of piperidine rings is 1. The molecule has 0 unspecified atom stereocenters. The predicted octanol–water partition coefficient (Wildman–Crippen LogP) is 2.64. The second kappa shape index (κ2) is 9.06. The molecule has 1 aromatic carbocycles. The standard InChI is InChI=1S/C26H31F2N3O5/c27-26(28)10-18(11-26)35-19-13-30(14-19)21-3-1-2-4-22(21)36-17-5-6-20-15(7-17)12-31(25(20)34)16-8-23(32)29-24(33)9-16/h5-7,16,18-19,21-22H,1-4,8-14H2,(H,29,32,33)/t21-,22-/m0/s1. The van der Waals surface area contributed by atoms with E-state index in [1.54, 1.807) is 11.0 Å². The summed E-state index contributed by atoms with van der Waals surface area (Å²) in [5, 5.41) is 2.29. The lowest BCUT2D eigenvalue weighted by Gasteiger charge is -2.50. The minimum Gasteiger partial charge on any atom is -0.489 e. The van der Waals surface area contributed by atoms with E-state index in [0.717, 1.165) is 44.3 Å². The molecule has 1 N–H and O–H groups in total. The lowest BCUT2D eigenvalue weighted by atomic mass is 9.88. The molecule has 4 fully saturated rings. The second-order valence-electron chi connectivity index (χ2n) is 10.9. The van der Waals surface area contributed by atoms with Gasteiger partial charge in [-0.2, -0.15) is 0 Å². The Balaban J connectivity index is 1.07. The number of amides is 3. The van der Waals surface area contributed by atoms with E-state index in [2.05, 4.69) is 10.2 Å². The topological polar surface area (TPSA) is 88.2 Å². The third-order valence-electron chi connectivity index (χ3n) is 8.21. The van der Waals surface area contributed by atoms with Gasteiger partial charge in [0.15, 0.2) is 0 Å². The van der Waals surface area contributed by atoms with Gasteiger partial charge in [0.1, 0.15) is 11.9 Å². The smallest absolute Gasteiger partial charge is 0.254 e. The van der Waals surface area contributed by atoms with Crippen molar-refractivity contribution in [3.8, 4) is 5.75 Å². The van der Waals surface area contributed by atoms with Crippen LogP contribution in [0.5, 0.6) is 5.75 Å². The number of likely N-dealkylation sites (tertiary alicyclic amines) is 1. The maximum absolute atomic E-state index is 13.1. The van der Waals surface area contributed by atoms with Crippen LogP contribution in [-0.2, 0) is 20.9 Å². The maximum atomic E-state index is 13.1. The molecule has 3 amide bonds. The lowest BCUT2D eigenvalue weighted by Crippen LogP contribution is -2.62. The van der Waals surface area contributed by atoms with Gasteiger partial charge in [-0.25, -0.2) is 8.78 Å². The average Bonchev–Trinajstić information content (AvgIpc) is 3.10. The largest absolute Gasteiger partial charge is 0.489 e. The number of benzene rings is 1. The van der Waals surface area contributed by atoms with Gasteiger partial charge in [0.25, 0.3) is 11.8 Å². The molecule has 0 radical (unpaired) electrons. The van der Waals surface area contributed by atoms with Crippen molar-refractivity contribution in [1.82, 2.24) is 15.1 Å². The average molecular weight is 504 g/mol. The van der Waals surface area contributed by atoms with Crippen molar-refractivity contribution in [3.63, 3.8) is 0 Å². The molecule has 6 rings (SSSR count). The summed E-state index contributed by atoms with van der Waals surface area (Å²) >= 11 is 0. The number of rotatable bonds is 6. The molecular weight excluding hydrogens is 472 g/mol. The fourth-order valence-corrected chi connectivity index (χ4v) is 6.27. The number of nitrogens with zero attached hydrogens (tertiary/aromatic N) is 2. The first kappa shape index (κ1) is 23.8. The Morgan fingerprint density at radius 3 is 2.42 bits per heavy atom. The number of alkyl halides is 2. The van der Waals surface area contributed by atoms with Gasteiger partial charge in [0, 0.05) is 63.0 Å². The number of imide groups is 1. The molecule has 0 bridgehead atoms. The molecule has 194 valence electrons. The molecule has 8 nitrogen and oxygen atoms in total. The number of hydrogen-bond acceptors (Lipinski definition) is 6. The highest BCUT2D eigenvalue weighted by atomic mass is 19.3. The highest BCUT2D eigenvalue weighted by Gasteiger charge is 2.49. The minimum absolute atomic E-state index is 0.0126. The van der Waals surface area contributed by atoms with Crippen molar-refractivity contribution in [2.24, 2.45) is 0 Å². The van der Waals surface area contributed by atoms with Gasteiger partial charge in [-0.1, -0.05) is 6.42 Å². The highest BCUT2D eigenvalue weighted by Crippen LogP contribution is 2.41. The third-order valence-corrected chi connectivity index (χ3v) is 8.21. The summed E-state index contributed by atoms with van der Waals surface area (Å²) in [6, 6.07) is 5.33. The molecule has 10 heteroatoms. The Morgan fingerprint density at radius 1 is 0.972 bits per heavy atom. The third kappa shape index (κ3) is 4.61. The number of carbonyl (C=O) groups excluding carboxylic acids is 3. The van der Waals surface area contributed by atoms with E-state index in [1.165, 1.54) is 0 Å². The first-order chi connectivity index (χ1) is 17.2. The van der Waals surface area contributed by atoms with Crippen LogP contribution in [0, 0.1) is 0 Å². The molecular formula is C26H31F2N3O5. The SMILES string of the molecule is O=C1CC(N2Cc3cc(O[C@H]4CCCC[C@@H]4N4CC(OC5CC(F)(F)C5)C4)ccc3C2=O)CC(=O)N1. The minimum atomic E-state index is -2.56. The van der Waals surface area contributed by atoms with Crippen molar-refractivity contribution in [1.29, 1.82) is 0 Å². The van der Waals surface area contributed by atoms with Crippen LogP contribution in [0.25, 0.3) is 0 Å². The molecule has 3 aliphatic heterocycles. The van der Waals surface area contributed by atoms with E-state index in [9.17, 15) is 23.2 Å². The zero-order valence-electron chi connectivity index (χ0n) is 20.1. The van der Waals surface area contributed by atoms with Gasteiger partial charge in [0.05, 0.1) is 12.2 Å². The normalized spacial score (nSPS) is 29.5. The van der Waals surface area contributed by atoms with Crippen molar-refractivity contribution in [2.75, 3.05) is 13.1 Å². The summed E-state index contributed by atoms with van der Waals surface area (Å²) in [7, 11) is 0. The van der Waals surface area contributed by atoms with Crippen molar-refractivity contribution >= 4 is 17.7 Å². The molecule has 2 atom stereocenters. The van der Waals surface area contributed by atoms with E-state index in [0.29, 0.717) is 17.9 Å². The van der Waals surface area contributed by atoms with Crippen LogP contribution in [-0.4, -0.2) is 76.9 Å². The van der Waals surface area contributed by atoms with E-state index >= 15 is 0 Å². The zero-order chi connectivity index (χ0) is 25.0. The predicted molar refractivity (Wildman–Crippen MR) is 124 cm³/mol. The number of hydrogen-bond donors (Lipinski definition) is 1. The van der Waals surface area contributed by atoms with Crippen molar-refractivity contribution < 1.29 is 32.6 Å². The number of ether oxygens (including phenoxy) is 2. The number of fused-ring (bicyclic) bond motifs is 1. The molecule has 2 saturated heterocycles. The van der Waals surface area contributed by atoms with Crippen LogP contribution in [0.15, 0.2) is 18.2 Å². The quantitative estimate of drug-likeness (QED) is 0.601. The van der Waals surface area contributed by atoms with Gasteiger partial charge < -0.3 is 14.4 Å². The number of nitrogens with one attached hydrogen (secondary N) is 1. The molecule has 3 heterocycles. The first-order valence-corrected chi connectivity index (χ1v) is 12.9. The van der Waals surface area contributed by atoms with Gasteiger partial charge >= 0.3 is 0 Å². The van der Waals surface area contributed by atoms with Gasteiger partial charge in [0.2, 0.25) is 11.8 Å². The molecule has 1 aromatic rings. The van der Waals surface area contributed by atoms with Gasteiger partial charge in [-0.15, -0.1) is 0 Å². The summed E-state index contributed by atoms with van der Waals surface area (Å²) in [6.45, 7) is 1.85. The van der Waals surface area contributed by atoms with Crippen LogP contribution in [0.3, 0.4) is 0 Å². The van der Waals surface area contributed by atoms with Gasteiger partial charge in [-0.3, -0.25) is 24.6 Å². The van der Waals surface area contributed by atoms with Crippen LogP contribution >= 0.6 is 0 Å². The molecule has 5 aliphatic rings. The fourth-order valence-electron chi connectivity index (χ4n) is 6.27. The number of carbonyl (C=O) groups is 3. The molecule has 2 saturated carbocycles. The van der Waals surface area contributed by atoms with E-state index in [4.69, 9.17) is 9.47 Å². The fraction of sp³-hybridized carbons (Fsp3) is 0.654. The van der Waals surface area contributed by atoms with Crippen LogP contribution in [0.1, 0.15) is 67.3 Å². The van der Waals surface area contributed by atoms with E-state index in [-0.39, 0.29) is 67.8 Å². The Morgan fingerprint density at radius 2 is 1.69 bits per heavy atom. The Hall–Kier alpha value is -2.59. The Labute approximate surface area is 208 Å². The van der Waals surface area contributed by atoms with Crippen molar-refractivity contribution in [3.05, 3.63) is 29.3 Å². The van der Waals surface area contributed by atoms with E-state index < -0.39 is 12.0 Å². The van der Waals surface area contributed by atoms with Crippen LogP contribution < -0.4 is 10.1 Å². The second-order valence-corrected chi connectivity index (χ2v) is 10.9. The summed E-state index contributed by atoms with van der Waals surface area (Å²) in [5.41, 5.74) is 1.43. The maximum Gasteiger partial charge on any atom is 0.254 e. The molecule has 0 spiro atoms. The Bertz CT molecular complexity index is 1050. The van der Waals surface area contributed by atoms with Gasteiger partial charge in [-0.05, 0) is 43.0 Å². The summed E-state index contributed by atoms with van der Waals surface area (Å²) in [5.74, 6) is -2.71. The highest BCUT2D eigenvalue weighted by molar-refractivity contribution is 6.02. The summed E-state index contributed by atoms with van der Waals surface area (Å²) in [6.07, 6.45) is 3.80.